The highest BCUT2D eigenvalue weighted by atomic mass is 35.5. The fraction of sp³-hybridized carbons (Fsp3) is 0.0455. The van der Waals surface area contributed by atoms with Gasteiger partial charge in [-0.2, -0.15) is 13.2 Å². The average Bonchev–Trinajstić information content (AvgIpc) is 3.14. The van der Waals surface area contributed by atoms with Crippen molar-refractivity contribution in [3.8, 4) is 5.69 Å². The lowest BCUT2D eigenvalue weighted by Gasteiger charge is -2.13. The molecule has 156 valence electrons. The van der Waals surface area contributed by atoms with Gasteiger partial charge in [0.1, 0.15) is 6.29 Å². The van der Waals surface area contributed by atoms with Gasteiger partial charge in [0.05, 0.1) is 21.6 Å². The molecule has 0 unspecified atom stereocenters. The zero-order valence-electron chi connectivity index (χ0n) is 15.7. The Morgan fingerprint density at radius 1 is 1.03 bits per heavy atom. The van der Waals surface area contributed by atoms with E-state index >= 15 is 0 Å². The molecule has 4 aromatic rings. The Kier molecular flexibility index (Phi) is 5.24. The quantitative estimate of drug-likeness (QED) is 0.408. The highest BCUT2D eigenvalue weighted by molar-refractivity contribution is 6.34. The Bertz CT molecular complexity index is 1300. The molecule has 0 aliphatic rings. The number of rotatable bonds is 4. The number of imidazole rings is 1. The van der Waals surface area contributed by atoms with Gasteiger partial charge >= 0.3 is 6.18 Å². The van der Waals surface area contributed by atoms with Gasteiger partial charge in [-0.05, 0) is 54.6 Å². The lowest BCUT2D eigenvalue weighted by molar-refractivity contribution is -0.145. The molecule has 0 spiro atoms. The lowest BCUT2D eigenvalue weighted by atomic mass is 10.2. The topological polar surface area (TPSA) is 64.0 Å². The van der Waals surface area contributed by atoms with Crippen molar-refractivity contribution in [1.82, 2.24) is 9.55 Å². The van der Waals surface area contributed by atoms with Gasteiger partial charge in [-0.25, -0.2) is 4.98 Å². The fourth-order valence-corrected chi connectivity index (χ4v) is 3.38. The van der Waals surface area contributed by atoms with Crippen LogP contribution in [0.15, 0.2) is 66.7 Å². The number of hydrogen-bond acceptors (Lipinski definition) is 3. The number of amides is 1. The van der Waals surface area contributed by atoms with Crippen LogP contribution in [0.2, 0.25) is 5.02 Å². The maximum absolute atomic E-state index is 13.6. The van der Waals surface area contributed by atoms with Gasteiger partial charge in [0.15, 0.2) is 0 Å². The summed E-state index contributed by atoms with van der Waals surface area (Å²) in [6.07, 6.45) is -4.17. The maximum Gasteiger partial charge on any atom is 0.450 e. The normalized spacial score (nSPS) is 11.5. The van der Waals surface area contributed by atoms with Gasteiger partial charge in [0.25, 0.3) is 5.91 Å². The molecule has 1 amide bonds. The van der Waals surface area contributed by atoms with Crippen LogP contribution in [-0.4, -0.2) is 21.7 Å². The van der Waals surface area contributed by atoms with E-state index in [1.807, 2.05) is 0 Å². The van der Waals surface area contributed by atoms with E-state index in [9.17, 15) is 22.8 Å². The molecule has 1 N–H and O–H groups in total. The molecule has 0 aliphatic heterocycles. The standard InChI is InChI=1S/C22H13ClF3N3O2/c23-17-4-2-1-3-16(17)20(31)27-14-6-8-15(9-7-14)29-19-10-5-13(12-30)11-18(19)28-21(29)22(24,25)26/h1-12H,(H,27,31). The van der Waals surface area contributed by atoms with Crippen LogP contribution in [0.4, 0.5) is 18.9 Å². The molecule has 31 heavy (non-hydrogen) atoms. The molecular formula is C22H13ClF3N3O2. The van der Waals surface area contributed by atoms with Gasteiger partial charge in [-0.1, -0.05) is 23.7 Å². The third-order valence-corrected chi connectivity index (χ3v) is 4.90. The molecule has 9 heteroatoms. The van der Waals surface area contributed by atoms with E-state index in [-0.39, 0.29) is 32.9 Å². The number of halogens is 4. The summed E-state index contributed by atoms with van der Waals surface area (Å²) in [4.78, 5) is 27.0. The molecule has 5 nitrogen and oxygen atoms in total. The molecular weight excluding hydrogens is 431 g/mol. The molecule has 0 saturated carbocycles. The number of carbonyl (C=O) groups excluding carboxylic acids is 2. The van der Waals surface area contributed by atoms with Crippen molar-refractivity contribution >= 4 is 40.5 Å². The molecule has 0 fully saturated rings. The zero-order valence-corrected chi connectivity index (χ0v) is 16.4. The summed E-state index contributed by atoms with van der Waals surface area (Å²) in [6.45, 7) is 0. The predicted octanol–water partition coefficient (Wildman–Crippen LogP) is 5.76. The minimum absolute atomic E-state index is 0.0491. The third kappa shape index (κ3) is 4.02. The van der Waals surface area contributed by atoms with Gasteiger partial charge in [-0.15, -0.1) is 0 Å². The molecule has 1 heterocycles. The molecule has 0 aliphatic carbocycles. The minimum Gasteiger partial charge on any atom is -0.322 e. The van der Waals surface area contributed by atoms with Crippen molar-refractivity contribution in [2.24, 2.45) is 0 Å². The minimum atomic E-state index is -4.71. The summed E-state index contributed by atoms with van der Waals surface area (Å²) in [5.74, 6) is -1.55. The number of fused-ring (bicyclic) bond motifs is 1. The van der Waals surface area contributed by atoms with Gasteiger partial charge in [0, 0.05) is 16.9 Å². The van der Waals surface area contributed by atoms with Crippen LogP contribution >= 0.6 is 11.6 Å². The second-order valence-electron chi connectivity index (χ2n) is 6.62. The second kappa shape index (κ2) is 7.88. The predicted molar refractivity (Wildman–Crippen MR) is 111 cm³/mol. The van der Waals surface area contributed by atoms with Crippen molar-refractivity contribution in [3.05, 3.63) is 88.7 Å². The molecule has 0 saturated heterocycles. The van der Waals surface area contributed by atoms with Crippen LogP contribution in [0.1, 0.15) is 26.5 Å². The number of alkyl halides is 3. The highest BCUT2D eigenvalue weighted by Gasteiger charge is 2.38. The smallest absolute Gasteiger partial charge is 0.322 e. The molecule has 0 bridgehead atoms. The average molecular weight is 444 g/mol. The van der Waals surface area contributed by atoms with E-state index in [1.54, 1.807) is 24.3 Å². The SMILES string of the molecule is O=Cc1ccc2c(c1)nc(C(F)(F)F)n2-c1ccc(NC(=O)c2ccccc2Cl)cc1. The second-order valence-corrected chi connectivity index (χ2v) is 7.02. The van der Waals surface area contributed by atoms with Crippen LogP contribution in [-0.2, 0) is 6.18 Å². The van der Waals surface area contributed by atoms with E-state index in [0.717, 1.165) is 4.57 Å². The van der Waals surface area contributed by atoms with Crippen molar-refractivity contribution < 1.29 is 22.8 Å². The van der Waals surface area contributed by atoms with E-state index in [0.29, 0.717) is 12.0 Å². The van der Waals surface area contributed by atoms with Crippen molar-refractivity contribution in [2.45, 2.75) is 6.18 Å². The molecule has 1 aromatic heterocycles. The highest BCUT2D eigenvalue weighted by Crippen LogP contribution is 2.34. The molecule has 3 aromatic carbocycles. The Morgan fingerprint density at radius 2 is 1.74 bits per heavy atom. The Balaban J connectivity index is 1.71. The molecule has 0 atom stereocenters. The number of benzene rings is 3. The number of carbonyl (C=O) groups is 2. The van der Waals surface area contributed by atoms with E-state index in [1.165, 1.54) is 42.5 Å². The summed E-state index contributed by atoms with van der Waals surface area (Å²) in [7, 11) is 0. The van der Waals surface area contributed by atoms with E-state index in [2.05, 4.69) is 10.3 Å². The van der Waals surface area contributed by atoms with Gasteiger partial charge < -0.3 is 5.32 Å². The number of hydrogen-bond donors (Lipinski definition) is 1. The largest absolute Gasteiger partial charge is 0.450 e. The zero-order chi connectivity index (χ0) is 22.2. The van der Waals surface area contributed by atoms with Gasteiger partial charge in [0.2, 0.25) is 5.82 Å². The summed E-state index contributed by atoms with van der Waals surface area (Å²) >= 11 is 6.02. The van der Waals surface area contributed by atoms with Crippen LogP contribution in [0, 0.1) is 0 Å². The first-order chi connectivity index (χ1) is 14.8. The van der Waals surface area contributed by atoms with Crippen LogP contribution < -0.4 is 5.32 Å². The van der Waals surface area contributed by atoms with Crippen LogP contribution in [0.3, 0.4) is 0 Å². The van der Waals surface area contributed by atoms with Crippen LogP contribution in [0.5, 0.6) is 0 Å². The number of anilines is 1. The summed E-state index contributed by atoms with van der Waals surface area (Å²) in [5, 5.41) is 2.94. The molecule has 0 radical (unpaired) electrons. The summed E-state index contributed by atoms with van der Waals surface area (Å²) in [5.41, 5.74) is 1.33. The summed E-state index contributed by atoms with van der Waals surface area (Å²) < 4.78 is 41.8. The maximum atomic E-state index is 13.6. The summed E-state index contributed by atoms with van der Waals surface area (Å²) in [6, 6.07) is 16.5. The Labute approximate surface area is 179 Å². The van der Waals surface area contributed by atoms with Gasteiger partial charge in [-0.3, -0.25) is 14.2 Å². The fourth-order valence-electron chi connectivity index (χ4n) is 3.16. The number of nitrogens with zero attached hydrogens (tertiary/aromatic N) is 2. The van der Waals surface area contributed by atoms with Crippen molar-refractivity contribution in [1.29, 1.82) is 0 Å². The first-order valence-electron chi connectivity index (χ1n) is 8.99. The first-order valence-corrected chi connectivity index (χ1v) is 9.37. The van der Waals surface area contributed by atoms with Crippen LogP contribution in [0.25, 0.3) is 16.7 Å². The van der Waals surface area contributed by atoms with Crippen molar-refractivity contribution in [2.75, 3.05) is 5.32 Å². The number of aldehydes is 1. The number of aromatic nitrogens is 2. The number of nitrogens with one attached hydrogen (secondary N) is 1. The van der Waals surface area contributed by atoms with E-state index in [4.69, 9.17) is 11.6 Å². The third-order valence-electron chi connectivity index (χ3n) is 4.57. The molecule has 4 rings (SSSR count). The Morgan fingerprint density at radius 3 is 2.39 bits per heavy atom. The first kappa shape index (κ1) is 20.6. The Hall–Kier alpha value is -3.65. The van der Waals surface area contributed by atoms with E-state index < -0.39 is 17.9 Å². The van der Waals surface area contributed by atoms with Crippen molar-refractivity contribution in [3.63, 3.8) is 0 Å². The monoisotopic (exact) mass is 443 g/mol. The lowest BCUT2D eigenvalue weighted by Crippen LogP contribution is -2.14.